The maximum absolute atomic E-state index is 12.8. The zero-order valence-corrected chi connectivity index (χ0v) is 16.2. The van der Waals surface area contributed by atoms with Gasteiger partial charge in [0.2, 0.25) is 0 Å². The summed E-state index contributed by atoms with van der Waals surface area (Å²) < 4.78 is 10.6. The first kappa shape index (κ1) is 19.7. The standard InChI is InChI=1S/C22H26N2O4/c1-27-19-13-7-3-9-15(19)21(25)23-17-11-5-6-12-18(17)24-22(26)16-10-4-8-14-20(16)28-2/h3-4,7-10,13-14,17-18H,5-6,11-12H2,1-2H3,(H,23,25)(H,24,26)/t17-,18-/m0/s1. The van der Waals surface area contributed by atoms with E-state index in [4.69, 9.17) is 9.47 Å². The van der Waals surface area contributed by atoms with Crippen molar-refractivity contribution < 1.29 is 19.1 Å². The Balaban J connectivity index is 1.72. The Morgan fingerprint density at radius 3 is 1.54 bits per heavy atom. The van der Waals surface area contributed by atoms with Crippen molar-refractivity contribution in [2.75, 3.05) is 14.2 Å². The van der Waals surface area contributed by atoms with E-state index in [1.54, 1.807) is 50.6 Å². The minimum Gasteiger partial charge on any atom is -0.496 e. The van der Waals surface area contributed by atoms with Crippen LogP contribution in [0.4, 0.5) is 0 Å². The molecule has 1 aliphatic rings. The summed E-state index contributed by atoms with van der Waals surface area (Å²) in [6.07, 6.45) is 3.66. The van der Waals surface area contributed by atoms with Crippen molar-refractivity contribution in [1.29, 1.82) is 0 Å². The minimum atomic E-state index is -0.194. The molecule has 0 radical (unpaired) electrons. The highest BCUT2D eigenvalue weighted by Crippen LogP contribution is 2.23. The van der Waals surface area contributed by atoms with E-state index >= 15 is 0 Å². The van der Waals surface area contributed by atoms with Crippen molar-refractivity contribution in [3.05, 3.63) is 59.7 Å². The fraction of sp³-hybridized carbons (Fsp3) is 0.364. The summed E-state index contributed by atoms with van der Waals surface area (Å²) in [6, 6.07) is 14.0. The molecule has 0 heterocycles. The highest BCUT2D eigenvalue weighted by Gasteiger charge is 2.29. The van der Waals surface area contributed by atoms with Crippen molar-refractivity contribution >= 4 is 11.8 Å². The van der Waals surface area contributed by atoms with Gasteiger partial charge in [-0.25, -0.2) is 0 Å². The predicted octanol–water partition coefficient (Wildman–Crippen LogP) is 3.17. The fourth-order valence-corrected chi connectivity index (χ4v) is 3.63. The summed E-state index contributed by atoms with van der Waals surface area (Å²) in [5.41, 5.74) is 0.982. The van der Waals surface area contributed by atoms with E-state index in [0.717, 1.165) is 25.7 Å². The monoisotopic (exact) mass is 382 g/mol. The molecule has 2 N–H and O–H groups in total. The Labute approximate surface area is 165 Å². The highest BCUT2D eigenvalue weighted by molar-refractivity contribution is 5.98. The van der Waals surface area contributed by atoms with Gasteiger partial charge in [0.1, 0.15) is 11.5 Å². The second-order valence-electron chi connectivity index (χ2n) is 6.84. The smallest absolute Gasteiger partial charge is 0.255 e. The van der Waals surface area contributed by atoms with Crippen molar-refractivity contribution in [2.45, 2.75) is 37.8 Å². The quantitative estimate of drug-likeness (QED) is 0.805. The first-order chi connectivity index (χ1) is 13.6. The van der Waals surface area contributed by atoms with Crippen molar-refractivity contribution in [1.82, 2.24) is 10.6 Å². The Morgan fingerprint density at radius 1 is 0.750 bits per heavy atom. The number of para-hydroxylation sites is 2. The molecular formula is C22H26N2O4. The molecule has 3 rings (SSSR count). The lowest BCUT2D eigenvalue weighted by Gasteiger charge is -2.33. The number of hydrogen-bond donors (Lipinski definition) is 2. The second kappa shape index (κ2) is 9.26. The van der Waals surface area contributed by atoms with Crippen LogP contribution in [0.25, 0.3) is 0 Å². The number of hydrogen-bond acceptors (Lipinski definition) is 4. The van der Waals surface area contributed by atoms with Gasteiger partial charge in [-0.1, -0.05) is 37.1 Å². The van der Waals surface area contributed by atoms with Gasteiger partial charge in [0, 0.05) is 12.1 Å². The van der Waals surface area contributed by atoms with Gasteiger partial charge >= 0.3 is 0 Å². The van der Waals surface area contributed by atoms with E-state index in [1.807, 2.05) is 12.1 Å². The largest absolute Gasteiger partial charge is 0.496 e. The Kier molecular flexibility index (Phi) is 6.53. The molecule has 2 atom stereocenters. The van der Waals surface area contributed by atoms with Crippen molar-refractivity contribution in [3.8, 4) is 11.5 Å². The molecule has 2 aromatic rings. The van der Waals surface area contributed by atoms with Gasteiger partial charge < -0.3 is 20.1 Å². The van der Waals surface area contributed by atoms with Crippen LogP contribution in [-0.4, -0.2) is 38.1 Å². The molecular weight excluding hydrogens is 356 g/mol. The molecule has 28 heavy (non-hydrogen) atoms. The number of carbonyl (C=O) groups excluding carboxylic acids is 2. The molecule has 1 saturated carbocycles. The third kappa shape index (κ3) is 4.44. The minimum absolute atomic E-state index is 0.134. The summed E-state index contributed by atoms with van der Waals surface area (Å²) in [5, 5.41) is 6.16. The molecule has 0 aromatic heterocycles. The van der Waals surface area contributed by atoms with Crippen LogP contribution in [0.5, 0.6) is 11.5 Å². The van der Waals surface area contributed by atoms with E-state index in [1.165, 1.54) is 0 Å². The lowest BCUT2D eigenvalue weighted by Crippen LogP contribution is -2.53. The van der Waals surface area contributed by atoms with Crippen LogP contribution in [0, 0.1) is 0 Å². The zero-order chi connectivity index (χ0) is 19.9. The van der Waals surface area contributed by atoms with E-state index in [0.29, 0.717) is 22.6 Å². The van der Waals surface area contributed by atoms with Gasteiger partial charge in [0.25, 0.3) is 11.8 Å². The lowest BCUT2D eigenvalue weighted by atomic mass is 9.89. The maximum Gasteiger partial charge on any atom is 0.255 e. The number of amides is 2. The average molecular weight is 382 g/mol. The number of methoxy groups -OCH3 is 2. The number of rotatable bonds is 6. The average Bonchev–Trinajstić information content (AvgIpc) is 2.74. The number of carbonyl (C=O) groups is 2. The van der Waals surface area contributed by atoms with E-state index < -0.39 is 0 Å². The van der Waals surface area contributed by atoms with E-state index in [9.17, 15) is 9.59 Å². The molecule has 0 spiro atoms. The number of nitrogens with one attached hydrogen (secondary N) is 2. The Hall–Kier alpha value is -3.02. The normalized spacial score (nSPS) is 18.8. The van der Waals surface area contributed by atoms with E-state index in [-0.39, 0.29) is 23.9 Å². The zero-order valence-electron chi connectivity index (χ0n) is 16.2. The predicted molar refractivity (Wildman–Crippen MR) is 107 cm³/mol. The highest BCUT2D eigenvalue weighted by atomic mass is 16.5. The summed E-state index contributed by atoms with van der Waals surface area (Å²) in [5.74, 6) is 0.678. The molecule has 1 fully saturated rings. The first-order valence-corrected chi connectivity index (χ1v) is 9.51. The van der Waals surface area contributed by atoms with Crippen molar-refractivity contribution in [3.63, 3.8) is 0 Å². The van der Waals surface area contributed by atoms with Crippen LogP contribution in [-0.2, 0) is 0 Å². The molecule has 0 aliphatic heterocycles. The first-order valence-electron chi connectivity index (χ1n) is 9.51. The summed E-state index contributed by atoms with van der Waals surface area (Å²) in [4.78, 5) is 25.5. The second-order valence-corrected chi connectivity index (χ2v) is 6.84. The molecule has 6 heteroatoms. The van der Waals surface area contributed by atoms with Crippen LogP contribution >= 0.6 is 0 Å². The molecule has 1 aliphatic carbocycles. The lowest BCUT2D eigenvalue weighted by molar-refractivity contribution is 0.0859. The SMILES string of the molecule is COc1ccccc1C(=O)N[C@H]1CCCC[C@@H]1NC(=O)c1ccccc1OC. The molecule has 6 nitrogen and oxygen atoms in total. The Morgan fingerprint density at radius 2 is 1.14 bits per heavy atom. The molecule has 0 bridgehead atoms. The van der Waals surface area contributed by atoms with Gasteiger partial charge in [0.15, 0.2) is 0 Å². The van der Waals surface area contributed by atoms with Crippen LogP contribution in [0.3, 0.4) is 0 Å². The molecule has 0 unspecified atom stereocenters. The molecule has 2 aromatic carbocycles. The van der Waals surface area contributed by atoms with Crippen molar-refractivity contribution in [2.24, 2.45) is 0 Å². The molecule has 148 valence electrons. The molecule has 2 amide bonds. The topological polar surface area (TPSA) is 76.7 Å². The number of ether oxygens (including phenoxy) is 2. The van der Waals surface area contributed by atoms with Gasteiger partial charge in [-0.2, -0.15) is 0 Å². The fourth-order valence-electron chi connectivity index (χ4n) is 3.63. The third-order valence-electron chi connectivity index (χ3n) is 5.10. The van der Waals surface area contributed by atoms with Gasteiger partial charge in [0.05, 0.1) is 25.3 Å². The van der Waals surface area contributed by atoms with Crippen LogP contribution in [0.1, 0.15) is 46.4 Å². The van der Waals surface area contributed by atoms with E-state index in [2.05, 4.69) is 10.6 Å². The summed E-state index contributed by atoms with van der Waals surface area (Å²) in [7, 11) is 3.09. The van der Waals surface area contributed by atoms with Crippen LogP contribution in [0.2, 0.25) is 0 Å². The van der Waals surface area contributed by atoms with Gasteiger partial charge in [-0.3, -0.25) is 9.59 Å². The maximum atomic E-state index is 12.8. The van der Waals surface area contributed by atoms with Crippen LogP contribution < -0.4 is 20.1 Å². The summed E-state index contributed by atoms with van der Waals surface area (Å²) >= 11 is 0. The summed E-state index contributed by atoms with van der Waals surface area (Å²) in [6.45, 7) is 0. The number of benzene rings is 2. The third-order valence-corrected chi connectivity index (χ3v) is 5.10. The Bertz CT molecular complexity index is 767. The van der Waals surface area contributed by atoms with Gasteiger partial charge in [-0.05, 0) is 37.1 Å². The van der Waals surface area contributed by atoms with Crippen LogP contribution in [0.15, 0.2) is 48.5 Å². The van der Waals surface area contributed by atoms with Gasteiger partial charge in [-0.15, -0.1) is 0 Å². The molecule has 0 saturated heterocycles.